The Morgan fingerprint density at radius 3 is 2.47 bits per heavy atom. The molecule has 0 unspecified atom stereocenters. The molecule has 102 valence electrons. The number of likely N-dealkylation sites (N-methyl/N-ethyl adjacent to an activating group) is 1. The number of anilines is 1. The van der Waals surface area contributed by atoms with E-state index >= 15 is 0 Å². The van der Waals surface area contributed by atoms with E-state index in [0.717, 1.165) is 6.08 Å². The number of nitrogens with one attached hydrogen (secondary N) is 2. The van der Waals surface area contributed by atoms with E-state index in [9.17, 15) is 9.59 Å². The second-order valence-corrected chi connectivity index (χ2v) is 4.01. The van der Waals surface area contributed by atoms with Crippen LogP contribution in [-0.2, 0) is 14.3 Å². The van der Waals surface area contributed by atoms with Crippen molar-refractivity contribution in [2.24, 2.45) is 0 Å². The molecule has 0 saturated carbocycles. The third kappa shape index (κ3) is 5.01. The van der Waals surface area contributed by atoms with Crippen molar-refractivity contribution in [2.45, 2.75) is 6.92 Å². The Bertz CT molecular complexity index is 483. The minimum atomic E-state index is -0.609. The highest BCUT2D eigenvalue weighted by Gasteiger charge is 2.11. The molecule has 0 saturated heterocycles. The molecule has 1 amide bonds. The normalized spacial score (nSPS) is 10.8. The minimum Gasteiger partial charge on any atom is -0.466 e. The number of hydrogen-bond donors (Lipinski definition) is 2. The van der Waals surface area contributed by atoms with Gasteiger partial charge in [0.05, 0.1) is 13.2 Å². The highest BCUT2D eigenvalue weighted by Crippen LogP contribution is 2.15. The molecule has 0 fully saturated rings. The van der Waals surface area contributed by atoms with Gasteiger partial charge in [0.2, 0.25) is 0 Å². The Morgan fingerprint density at radius 2 is 1.95 bits per heavy atom. The van der Waals surface area contributed by atoms with Crippen LogP contribution in [0, 0.1) is 0 Å². The van der Waals surface area contributed by atoms with Gasteiger partial charge in [-0.05, 0) is 31.2 Å². The zero-order valence-electron chi connectivity index (χ0n) is 10.7. The maximum absolute atomic E-state index is 11.8. The fourth-order valence-corrected chi connectivity index (χ4v) is 1.41. The van der Waals surface area contributed by atoms with Gasteiger partial charge in [0.25, 0.3) is 5.91 Å². The van der Waals surface area contributed by atoms with Gasteiger partial charge < -0.3 is 15.4 Å². The first-order chi connectivity index (χ1) is 9.06. The van der Waals surface area contributed by atoms with Crippen LogP contribution in [0.5, 0.6) is 0 Å². The van der Waals surface area contributed by atoms with Gasteiger partial charge in [-0.1, -0.05) is 11.6 Å². The molecule has 1 aromatic carbocycles. The summed E-state index contributed by atoms with van der Waals surface area (Å²) in [7, 11) is 1.25. The lowest BCUT2D eigenvalue weighted by Crippen LogP contribution is -2.28. The molecule has 0 aliphatic heterocycles. The maximum atomic E-state index is 11.8. The molecule has 0 aromatic heterocycles. The van der Waals surface area contributed by atoms with Crippen molar-refractivity contribution in [3.8, 4) is 0 Å². The molecule has 0 heterocycles. The summed E-state index contributed by atoms with van der Waals surface area (Å²) in [5.74, 6) is -0.995. The maximum Gasteiger partial charge on any atom is 0.332 e. The number of methoxy groups -OCH3 is 1. The number of esters is 1. The summed E-state index contributed by atoms with van der Waals surface area (Å²) in [6.45, 7) is 2.25. The van der Waals surface area contributed by atoms with E-state index in [1.807, 2.05) is 0 Å². The molecule has 6 heteroatoms. The van der Waals surface area contributed by atoms with Gasteiger partial charge in [0.1, 0.15) is 5.70 Å². The molecular formula is C13H15ClN2O3. The first-order valence-electron chi connectivity index (χ1n) is 5.67. The van der Waals surface area contributed by atoms with Crippen LogP contribution in [0.15, 0.2) is 36.0 Å². The molecule has 19 heavy (non-hydrogen) atoms. The minimum absolute atomic E-state index is 0.107. The summed E-state index contributed by atoms with van der Waals surface area (Å²) in [6.07, 6.45) is 1.10. The van der Waals surface area contributed by atoms with E-state index < -0.39 is 5.97 Å². The Morgan fingerprint density at radius 1 is 1.32 bits per heavy atom. The lowest BCUT2D eigenvalue weighted by atomic mass is 10.3. The Kier molecular flexibility index (Phi) is 5.89. The van der Waals surface area contributed by atoms with Crippen molar-refractivity contribution >= 4 is 29.2 Å². The summed E-state index contributed by atoms with van der Waals surface area (Å²) in [4.78, 5) is 23.0. The van der Waals surface area contributed by atoms with Crippen LogP contribution >= 0.6 is 11.6 Å². The first-order valence-corrected chi connectivity index (χ1v) is 6.05. The molecular weight excluding hydrogens is 268 g/mol. The van der Waals surface area contributed by atoms with Crippen LogP contribution in [0.25, 0.3) is 0 Å². The highest BCUT2D eigenvalue weighted by molar-refractivity contribution is 6.30. The number of carbonyl (C=O) groups is 2. The van der Waals surface area contributed by atoms with Gasteiger partial charge in [0, 0.05) is 17.3 Å². The van der Waals surface area contributed by atoms with Crippen molar-refractivity contribution in [3.63, 3.8) is 0 Å². The predicted octanol–water partition coefficient (Wildman–Crippen LogP) is 1.94. The number of rotatable bonds is 5. The highest BCUT2D eigenvalue weighted by atomic mass is 35.5. The zero-order valence-corrected chi connectivity index (χ0v) is 11.5. The summed E-state index contributed by atoms with van der Waals surface area (Å²) < 4.78 is 4.51. The average molecular weight is 283 g/mol. The van der Waals surface area contributed by atoms with Gasteiger partial charge in [-0.15, -0.1) is 0 Å². The second kappa shape index (κ2) is 7.43. The standard InChI is InChI=1S/C13H15ClN2O3/c1-3-15-13(18)11(8-12(17)19-2)16-10-6-4-9(14)5-7-10/h4-8,16H,3H2,1-2H3,(H,15,18)/b11-8-. The summed E-state index contributed by atoms with van der Waals surface area (Å²) in [5.41, 5.74) is 0.752. The van der Waals surface area contributed by atoms with Gasteiger partial charge in [-0.3, -0.25) is 4.79 Å². The monoisotopic (exact) mass is 282 g/mol. The number of amides is 1. The van der Waals surface area contributed by atoms with Crippen molar-refractivity contribution < 1.29 is 14.3 Å². The van der Waals surface area contributed by atoms with Crippen LogP contribution in [0.2, 0.25) is 5.02 Å². The van der Waals surface area contributed by atoms with Crippen molar-refractivity contribution in [3.05, 3.63) is 41.1 Å². The van der Waals surface area contributed by atoms with Gasteiger partial charge in [0.15, 0.2) is 0 Å². The molecule has 0 bridgehead atoms. The summed E-state index contributed by atoms with van der Waals surface area (Å²) in [6, 6.07) is 6.76. The molecule has 1 aromatic rings. The molecule has 0 radical (unpaired) electrons. The number of benzene rings is 1. The molecule has 0 aliphatic rings. The SMILES string of the molecule is CCNC(=O)/C(=C/C(=O)OC)Nc1ccc(Cl)cc1. The number of ether oxygens (including phenoxy) is 1. The molecule has 1 rings (SSSR count). The fraction of sp³-hybridized carbons (Fsp3) is 0.231. The lowest BCUT2D eigenvalue weighted by molar-refractivity contribution is -0.135. The van der Waals surface area contributed by atoms with Gasteiger partial charge in [-0.2, -0.15) is 0 Å². The van der Waals surface area contributed by atoms with Crippen LogP contribution < -0.4 is 10.6 Å². The lowest BCUT2D eigenvalue weighted by Gasteiger charge is -2.10. The Hall–Kier alpha value is -2.01. The Labute approximate surface area is 116 Å². The van der Waals surface area contributed by atoms with Crippen LogP contribution in [-0.4, -0.2) is 25.5 Å². The van der Waals surface area contributed by atoms with Gasteiger partial charge >= 0.3 is 5.97 Å². The van der Waals surface area contributed by atoms with Crippen molar-refractivity contribution in [1.29, 1.82) is 0 Å². The summed E-state index contributed by atoms with van der Waals surface area (Å²) in [5, 5.41) is 6.03. The molecule has 0 atom stereocenters. The summed E-state index contributed by atoms with van der Waals surface area (Å²) >= 11 is 5.77. The smallest absolute Gasteiger partial charge is 0.332 e. The molecule has 5 nitrogen and oxygen atoms in total. The van der Waals surface area contributed by atoms with Crippen molar-refractivity contribution in [1.82, 2.24) is 5.32 Å². The van der Waals surface area contributed by atoms with Crippen molar-refractivity contribution in [2.75, 3.05) is 19.0 Å². The first kappa shape index (κ1) is 15.0. The molecule has 0 spiro atoms. The van der Waals surface area contributed by atoms with E-state index in [0.29, 0.717) is 17.3 Å². The molecule has 0 aliphatic carbocycles. The average Bonchev–Trinajstić information content (AvgIpc) is 2.40. The van der Waals surface area contributed by atoms with E-state index in [2.05, 4.69) is 15.4 Å². The molecule has 2 N–H and O–H groups in total. The van der Waals surface area contributed by atoms with Crippen LogP contribution in [0.3, 0.4) is 0 Å². The third-order valence-electron chi connectivity index (χ3n) is 2.17. The number of hydrogen-bond acceptors (Lipinski definition) is 4. The largest absolute Gasteiger partial charge is 0.466 e. The Balaban J connectivity index is 2.91. The van der Waals surface area contributed by atoms with E-state index in [4.69, 9.17) is 11.6 Å². The number of halogens is 1. The van der Waals surface area contributed by atoms with Crippen LogP contribution in [0.1, 0.15) is 6.92 Å². The van der Waals surface area contributed by atoms with E-state index in [-0.39, 0.29) is 11.6 Å². The van der Waals surface area contributed by atoms with Crippen LogP contribution in [0.4, 0.5) is 5.69 Å². The van der Waals surface area contributed by atoms with E-state index in [1.165, 1.54) is 7.11 Å². The predicted molar refractivity (Wildman–Crippen MR) is 73.9 cm³/mol. The second-order valence-electron chi connectivity index (χ2n) is 3.57. The topological polar surface area (TPSA) is 67.4 Å². The zero-order chi connectivity index (χ0) is 14.3. The van der Waals surface area contributed by atoms with E-state index in [1.54, 1.807) is 31.2 Å². The number of carbonyl (C=O) groups excluding carboxylic acids is 2. The fourth-order valence-electron chi connectivity index (χ4n) is 1.28. The quantitative estimate of drug-likeness (QED) is 0.640. The third-order valence-corrected chi connectivity index (χ3v) is 2.42. The van der Waals surface area contributed by atoms with Gasteiger partial charge in [-0.25, -0.2) is 4.79 Å².